The number of aryl methyl sites for hydroxylation is 1. The first-order chi connectivity index (χ1) is 13.0. The summed E-state index contributed by atoms with van der Waals surface area (Å²) in [4.78, 5) is 33.0. The van der Waals surface area contributed by atoms with Crippen molar-refractivity contribution in [1.82, 2.24) is 19.4 Å². The molecule has 2 amide bonds. The molecule has 1 aliphatic carbocycles. The maximum Gasteiger partial charge on any atom is 0.225 e. The van der Waals surface area contributed by atoms with Crippen molar-refractivity contribution in [3.8, 4) is 0 Å². The highest BCUT2D eigenvalue weighted by atomic mass is 16.2. The van der Waals surface area contributed by atoms with Crippen LogP contribution in [0, 0.1) is 18.8 Å². The summed E-state index contributed by atoms with van der Waals surface area (Å²) in [6.45, 7) is 7.95. The molecule has 1 saturated carbocycles. The Hall–Kier alpha value is -1.85. The number of rotatable bonds is 4. The van der Waals surface area contributed by atoms with E-state index in [1.165, 1.54) is 30.8 Å². The van der Waals surface area contributed by atoms with Crippen LogP contribution in [0.3, 0.4) is 0 Å². The Morgan fingerprint density at radius 1 is 1.07 bits per heavy atom. The first kappa shape index (κ1) is 18.5. The molecule has 0 spiro atoms. The minimum absolute atomic E-state index is 0.0971. The number of piperidine rings is 1. The number of aromatic nitrogens is 2. The lowest BCUT2D eigenvalue weighted by Gasteiger charge is -2.32. The van der Waals surface area contributed by atoms with Gasteiger partial charge in [0.15, 0.2) is 0 Å². The largest absolute Gasteiger partial charge is 0.343 e. The molecule has 2 aliphatic heterocycles. The van der Waals surface area contributed by atoms with Crippen molar-refractivity contribution in [3.05, 3.63) is 17.7 Å². The predicted molar refractivity (Wildman–Crippen MR) is 103 cm³/mol. The van der Waals surface area contributed by atoms with E-state index in [-0.39, 0.29) is 11.8 Å². The van der Waals surface area contributed by atoms with E-state index in [9.17, 15) is 9.59 Å². The summed E-state index contributed by atoms with van der Waals surface area (Å²) < 4.78 is 2.41. The van der Waals surface area contributed by atoms with Crippen LogP contribution < -0.4 is 0 Å². The van der Waals surface area contributed by atoms with Crippen molar-refractivity contribution in [3.63, 3.8) is 0 Å². The fraction of sp³-hybridized carbons (Fsp3) is 0.762. The third-order valence-corrected chi connectivity index (χ3v) is 6.88. The molecule has 148 valence electrons. The second-order valence-corrected chi connectivity index (χ2v) is 8.72. The zero-order valence-corrected chi connectivity index (χ0v) is 16.7. The first-order valence-corrected chi connectivity index (χ1v) is 10.6. The zero-order chi connectivity index (χ0) is 19.0. The molecule has 1 unspecified atom stereocenters. The predicted octanol–water partition coefficient (Wildman–Crippen LogP) is 2.57. The Morgan fingerprint density at radius 3 is 2.41 bits per heavy atom. The Bertz CT molecular complexity index is 701. The second kappa shape index (κ2) is 7.64. The third kappa shape index (κ3) is 3.76. The number of imidazole rings is 1. The van der Waals surface area contributed by atoms with E-state index in [0.29, 0.717) is 17.7 Å². The molecule has 0 radical (unpaired) electrons. The Morgan fingerprint density at radius 2 is 1.78 bits per heavy atom. The Balaban J connectivity index is 1.32. The number of hydrogen-bond donors (Lipinski definition) is 0. The average Bonchev–Trinajstić information content (AvgIpc) is 3.22. The van der Waals surface area contributed by atoms with Crippen molar-refractivity contribution in [2.75, 3.05) is 26.2 Å². The molecular formula is C21H32N4O2. The number of nitrogens with zero attached hydrogens (tertiary/aromatic N) is 4. The van der Waals surface area contributed by atoms with Crippen LogP contribution in [0.4, 0.5) is 0 Å². The van der Waals surface area contributed by atoms with Gasteiger partial charge in [-0.3, -0.25) is 9.59 Å². The van der Waals surface area contributed by atoms with Crippen molar-refractivity contribution >= 4 is 11.8 Å². The quantitative estimate of drug-likeness (QED) is 0.816. The maximum atomic E-state index is 12.9. The highest BCUT2D eigenvalue weighted by Gasteiger charge is 2.34. The first-order valence-electron chi connectivity index (χ1n) is 10.6. The summed E-state index contributed by atoms with van der Waals surface area (Å²) in [5.41, 5.74) is 1.25. The van der Waals surface area contributed by atoms with Gasteiger partial charge >= 0.3 is 0 Å². The molecule has 1 aromatic heterocycles. The van der Waals surface area contributed by atoms with Crippen molar-refractivity contribution in [1.29, 1.82) is 0 Å². The van der Waals surface area contributed by atoms with Crippen LogP contribution in [0.25, 0.3) is 0 Å². The summed E-state index contributed by atoms with van der Waals surface area (Å²) >= 11 is 0. The molecule has 3 fully saturated rings. The van der Waals surface area contributed by atoms with Gasteiger partial charge in [0.2, 0.25) is 11.8 Å². The molecule has 1 aromatic rings. The molecule has 0 N–H and O–H groups in total. The lowest BCUT2D eigenvalue weighted by atomic mass is 9.84. The van der Waals surface area contributed by atoms with E-state index >= 15 is 0 Å². The van der Waals surface area contributed by atoms with Gasteiger partial charge in [-0.25, -0.2) is 4.98 Å². The highest BCUT2D eigenvalue weighted by molar-refractivity contribution is 5.80. The van der Waals surface area contributed by atoms with Crippen LogP contribution in [0.15, 0.2) is 6.20 Å². The van der Waals surface area contributed by atoms with Gasteiger partial charge in [0.05, 0.1) is 0 Å². The molecule has 27 heavy (non-hydrogen) atoms. The van der Waals surface area contributed by atoms with Crippen molar-refractivity contribution in [2.24, 2.45) is 11.8 Å². The number of amides is 2. The second-order valence-electron chi connectivity index (χ2n) is 8.72. The molecule has 4 rings (SSSR count). The van der Waals surface area contributed by atoms with Crippen LogP contribution in [0.5, 0.6) is 0 Å². The standard InChI is InChI=1S/C21H32N4O2/c1-15-12-22-20(18-4-3-5-18)25(15)14-17-6-9-24(13-17)21(27)19-7-10-23(11-8-19)16(2)26/h12,17-19H,3-11,13-14H2,1-2H3. The van der Waals surface area contributed by atoms with Crippen LogP contribution in [0.2, 0.25) is 0 Å². The number of carbonyl (C=O) groups is 2. The molecule has 0 aromatic carbocycles. The van der Waals surface area contributed by atoms with E-state index < -0.39 is 0 Å². The molecule has 3 heterocycles. The van der Waals surface area contributed by atoms with Crippen LogP contribution >= 0.6 is 0 Å². The molecule has 2 saturated heterocycles. The SMILES string of the molecule is CC(=O)N1CCC(C(=O)N2CCC(Cn3c(C)cnc3C3CCC3)C2)CC1. The molecule has 1 atom stereocenters. The van der Waals surface area contributed by atoms with Crippen LogP contribution in [0.1, 0.15) is 62.9 Å². The number of hydrogen-bond acceptors (Lipinski definition) is 3. The van der Waals surface area contributed by atoms with Gasteiger partial charge in [0.25, 0.3) is 0 Å². The summed E-state index contributed by atoms with van der Waals surface area (Å²) in [5, 5.41) is 0. The van der Waals surface area contributed by atoms with Gasteiger partial charge < -0.3 is 14.4 Å². The molecule has 6 nitrogen and oxygen atoms in total. The minimum atomic E-state index is 0.0971. The lowest BCUT2D eigenvalue weighted by molar-refractivity contribution is -0.139. The maximum absolute atomic E-state index is 12.9. The van der Waals surface area contributed by atoms with E-state index in [0.717, 1.165) is 52.0 Å². The Kier molecular flexibility index (Phi) is 5.24. The monoisotopic (exact) mass is 372 g/mol. The van der Waals surface area contributed by atoms with Gasteiger partial charge in [0.1, 0.15) is 5.82 Å². The van der Waals surface area contributed by atoms with Gasteiger partial charge in [-0.1, -0.05) is 6.42 Å². The van der Waals surface area contributed by atoms with Gasteiger partial charge in [-0.05, 0) is 44.9 Å². The summed E-state index contributed by atoms with van der Waals surface area (Å²) in [5.74, 6) is 2.96. The minimum Gasteiger partial charge on any atom is -0.343 e. The number of carbonyl (C=O) groups excluding carboxylic acids is 2. The van der Waals surface area contributed by atoms with E-state index in [1.807, 2.05) is 11.1 Å². The van der Waals surface area contributed by atoms with E-state index in [2.05, 4.69) is 21.4 Å². The van der Waals surface area contributed by atoms with E-state index in [4.69, 9.17) is 0 Å². The smallest absolute Gasteiger partial charge is 0.225 e. The third-order valence-electron chi connectivity index (χ3n) is 6.88. The molecule has 3 aliphatic rings. The van der Waals surface area contributed by atoms with Gasteiger partial charge in [-0.2, -0.15) is 0 Å². The lowest BCUT2D eigenvalue weighted by Crippen LogP contribution is -2.43. The number of likely N-dealkylation sites (tertiary alicyclic amines) is 2. The van der Waals surface area contributed by atoms with Crippen LogP contribution in [-0.4, -0.2) is 57.3 Å². The van der Waals surface area contributed by atoms with Gasteiger partial charge in [-0.15, -0.1) is 0 Å². The summed E-state index contributed by atoms with van der Waals surface area (Å²) in [6, 6.07) is 0. The summed E-state index contributed by atoms with van der Waals surface area (Å²) in [7, 11) is 0. The average molecular weight is 373 g/mol. The fourth-order valence-corrected chi connectivity index (χ4v) is 4.85. The van der Waals surface area contributed by atoms with E-state index in [1.54, 1.807) is 6.92 Å². The van der Waals surface area contributed by atoms with Gasteiger partial charge in [0, 0.05) is 63.4 Å². The Labute approximate surface area is 161 Å². The highest BCUT2D eigenvalue weighted by Crippen LogP contribution is 2.36. The topological polar surface area (TPSA) is 58.4 Å². The fourth-order valence-electron chi connectivity index (χ4n) is 4.85. The van der Waals surface area contributed by atoms with Crippen molar-refractivity contribution in [2.45, 2.75) is 64.8 Å². The summed E-state index contributed by atoms with van der Waals surface area (Å²) in [6.07, 6.45) is 8.58. The van der Waals surface area contributed by atoms with Crippen LogP contribution in [-0.2, 0) is 16.1 Å². The normalized spacial score (nSPS) is 24.3. The molecule has 6 heteroatoms. The van der Waals surface area contributed by atoms with Crippen molar-refractivity contribution < 1.29 is 9.59 Å². The zero-order valence-electron chi connectivity index (χ0n) is 16.7. The molecule has 0 bridgehead atoms. The molecular weight excluding hydrogens is 340 g/mol.